The van der Waals surface area contributed by atoms with E-state index in [9.17, 15) is 9.59 Å². The molecular weight excluding hydrogens is 403 g/mol. The first-order valence-electron chi connectivity index (χ1n) is 5.48. The molecule has 1 aromatic heterocycles. The minimum absolute atomic E-state index is 0.178. The van der Waals surface area contributed by atoms with Gasteiger partial charge in [-0.1, -0.05) is 34.5 Å². The number of anilines is 1. The van der Waals surface area contributed by atoms with E-state index in [2.05, 4.69) is 26.2 Å². The molecule has 2 aromatic rings. The van der Waals surface area contributed by atoms with Gasteiger partial charge in [-0.3, -0.25) is 10.1 Å². The first-order chi connectivity index (χ1) is 9.94. The number of nitrogens with zero attached hydrogens (tertiary/aromatic N) is 1. The molecule has 0 bridgehead atoms. The number of benzene rings is 1. The summed E-state index contributed by atoms with van der Waals surface area (Å²) in [6, 6.07) is 4.31. The van der Waals surface area contributed by atoms with Crippen LogP contribution in [0.15, 0.2) is 28.2 Å². The van der Waals surface area contributed by atoms with Gasteiger partial charge in [0.1, 0.15) is 0 Å². The summed E-state index contributed by atoms with van der Waals surface area (Å²) in [6.45, 7) is -0.430. The molecule has 0 radical (unpaired) electrons. The first-order valence-corrected chi connectivity index (χ1v) is 7.85. The van der Waals surface area contributed by atoms with Crippen molar-refractivity contribution in [1.29, 1.82) is 0 Å². The summed E-state index contributed by atoms with van der Waals surface area (Å²) in [5, 5.41) is 3.54. The lowest BCUT2D eigenvalue weighted by Crippen LogP contribution is -2.20. The number of rotatable bonds is 4. The molecule has 110 valence electrons. The molecule has 0 saturated carbocycles. The Morgan fingerprint density at radius 2 is 1.95 bits per heavy atom. The molecule has 0 unspecified atom stereocenters. The summed E-state index contributed by atoms with van der Waals surface area (Å²) in [6.07, 6.45) is 1.56. The number of nitrogens with one attached hydrogen (secondary N) is 1. The quantitative estimate of drug-likeness (QED) is 0.774. The Hall–Kier alpha value is -1.15. The van der Waals surface area contributed by atoms with Gasteiger partial charge in [-0.25, -0.2) is 9.78 Å². The molecule has 1 N–H and O–H groups in total. The van der Waals surface area contributed by atoms with E-state index in [-0.39, 0.29) is 5.56 Å². The molecule has 1 heterocycles. The lowest BCUT2D eigenvalue weighted by Gasteiger charge is -2.05. The summed E-state index contributed by atoms with van der Waals surface area (Å²) in [5.74, 6) is -1.17. The zero-order valence-corrected chi connectivity index (χ0v) is 14.1. The number of ether oxygens (including phenoxy) is 1. The highest BCUT2D eigenvalue weighted by molar-refractivity contribution is 9.11. The minimum atomic E-state index is -0.685. The van der Waals surface area contributed by atoms with Crippen molar-refractivity contribution in [3.8, 4) is 0 Å². The van der Waals surface area contributed by atoms with Crippen molar-refractivity contribution in [2.24, 2.45) is 0 Å². The monoisotopic (exact) mass is 408 g/mol. The minimum Gasteiger partial charge on any atom is -0.452 e. The normalized spacial score (nSPS) is 10.2. The van der Waals surface area contributed by atoms with E-state index in [4.69, 9.17) is 27.9 Å². The van der Waals surface area contributed by atoms with E-state index in [1.54, 1.807) is 6.20 Å². The van der Waals surface area contributed by atoms with Crippen LogP contribution >= 0.6 is 50.5 Å². The highest BCUT2D eigenvalue weighted by Crippen LogP contribution is 2.23. The number of aromatic nitrogens is 1. The number of hydrogen-bond donors (Lipinski definition) is 1. The van der Waals surface area contributed by atoms with Crippen molar-refractivity contribution in [2.45, 2.75) is 0 Å². The van der Waals surface area contributed by atoms with Crippen molar-refractivity contribution in [2.75, 3.05) is 11.9 Å². The van der Waals surface area contributed by atoms with E-state index < -0.39 is 18.5 Å². The van der Waals surface area contributed by atoms with Gasteiger partial charge in [0.2, 0.25) is 0 Å². The predicted octanol–water partition coefficient (Wildman–Crippen LogP) is 4.01. The number of carbonyl (C=O) groups excluding carboxylic acids is 2. The molecular formula is C12H7BrCl2N2O3S. The molecule has 0 spiro atoms. The Morgan fingerprint density at radius 1 is 1.29 bits per heavy atom. The molecule has 5 nitrogen and oxygen atoms in total. The summed E-state index contributed by atoms with van der Waals surface area (Å²) >= 11 is 16.0. The molecule has 21 heavy (non-hydrogen) atoms. The van der Waals surface area contributed by atoms with Crippen LogP contribution in [0.3, 0.4) is 0 Å². The molecule has 9 heteroatoms. The van der Waals surface area contributed by atoms with E-state index in [0.29, 0.717) is 15.2 Å². The van der Waals surface area contributed by atoms with Gasteiger partial charge in [0, 0.05) is 10.0 Å². The van der Waals surface area contributed by atoms with E-state index in [1.807, 2.05) is 0 Å². The van der Waals surface area contributed by atoms with E-state index >= 15 is 0 Å². The second-order valence-electron chi connectivity index (χ2n) is 3.75. The largest absolute Gasteiger partial charge is 0.452 e. The van der Waals surface area contributed by atoms with E-state index in [1.165, 1.54) is 29.5 Å². The third-order valence-corrected chi connectivity index (χ3v) is 3.98. The topological polar surface area (TPSA) is 68.3 Å². The van der Waals surface area contributed by atoms with Crippen LogP contribution in [0.25, 0.3) is 0 Å². The van der Waals surface area contributed by atoms with Gasteiger partial charge in [0.15, 0.2) is 11.7 Å². The van der Waals surface area contributed by atoms with Crippen molar-refractivity contribution < 1.29 is 14.3 Å². The summed E-state index contributed by atoms with van der Waals surface area (Å²) in [4.78, 5) is 27.3. The van der Waals surface area contributed by atoms with Crippen molar-refractivity contribution in [3.05, 3.63) is 43.8 Å². The Balaban J connectivity index is 1.90. The van der Waals surface area contributed by atoms with Crippen molar-refractivity contribution in [3.63, 3.8) is 0 Å². The van der Waals surface area contributed by atoms with Gasteiger partial charge in [0.05, 0.1) is 15.5 Å². The fourth-order valence-electron chi connectivity index (χ4n) is 1.35. The van der Waals surface area contributed by atoms with Gasteiger partial charge < -0.3 is 4.74 Å². The zero-order chi connectivity index (χ0) is 15.4. The number of amides is 1. The van der Waals surface area contributed by atoms with Crippen LogP contribution < -0.4 is 5.32 Å². The highest BCUT2D eigenvalue weighted by atomic mass is 79.9. The lowest BCUT2D eigenvalue weighted by molar-refractivity contribution is -0.119. The van der Waals surface area contributed by atoms with Gasteiger partial charge in [0.25, 0.3) is 5.91 Å². The maximum Gasteiger partial charge on any atom is 0.338 e. The van der Waals surface area contributed by atoms with Crippen LogP contribution in [0.1, 0.15) is 10.4 Å². The maximum atomic E-state index is 11.8. The maximum absolute atomic E-state index is 11.8. The van der Waals surface area contributed by atoms with Crippen LogP contribution in [0.2, 0.25) is 10.0 Å². The molecule has 0 saturated heterocycles. The highest BCUT2D eigenvalue weighted by Gasteiger charge is 2.13. The standard InChI is InChI=1S/C12H7BrCl2N2O3S/c13-9-4-16-12(21-9)17-10(18)5-20-11(19)6-1-7(14)3-8(15)2-6/h1-4H,5H2,(H,16,17,18). The fraction of sp³-hybridized carbons (Fsp3) is 0.0833. The molecule has 1 aromatic carbocycles. The average Bonchev–Trinajstić information content (AvgIpc) is 2.80. The lowest BCUT2D eigenvalue weighted by atomic mass is 10.2. The molecule has 0 fully saturated rings. The van der Waals surface area contributed by atoms with Gasteiger partial charge in [-0.2, -0.15) is 0 Å². The van der Waals surface area contributed by atoms with Gasteiger partial charge in [-0.15, -0.1) is 0 Å². The second kappa shape index (κ2) is 7.22. The Labute approximate surface area is 142 Å². The second-order valence-corrected chi connectivity index (χ2v) is 7.03. The number of halogens is 3. The first kappa shape index (κ1) is 16.2. The van der Waals surface area contributed by atoms with Crippen LogP contribution in [0, 0.1) is 0 Å². The fourth-order valence-corrected chi connectivity index (χ4v) is 3.00. The molecule has 0 atom stereocenters. The Kier molecular flexibility index (Phi) is 5.58. The van der Waals surface area contributed by atoms with Gasteiger partial charge in [-0.05, 0) is 34.1 Å². The third-order valence-electron chi connectivity index (χ3n) is 2.16. The summed E-state index contributed by atoms with van der Waals surface area (Å²) < 4.78 is 5.66. The van der Waals surface area contributed by atoms with Gasteiger partial charge >= 0.3 is 5.97 Å². The molecule has 0 aliphatic rings. The van der Waals surface area contributed by atoms with Crippen LogP contribution in [0.5, 0.6) is 0 Å². The Bertz CT molecular complexity index is 673. The molecule has 0 aliphatic heterocycles. The van der Waals surface area contributed by atoms with Crippen LogP contribution in [-0.4, -0.2) is 23.5 Å². The van der Waals surface area contributed by atoms with E-state index in [0.717, 1.165) is 3.79 Å². The number of carbonyl (C=O) groups is 2. The number of hydrogen-bond acceptors (Lipinski definition) is 5. The summed E-state index contributed by atoms with van der Waals surface area (Å²) in [5.41, 5.74) is 0.178. The predicted molar refractivity (Wildman–Crippen MR) is 85.2 cm³/mol. The zero-order valence-electron chi connectivity index (χ0n) is 10.2. The SMILES string of the molecule is O=C(COC(=O)c1cc(Cl)cc(Cl)c1)Nc1ncc(Br)s1. The number of thiazole rings is 1. The Morgan fingerprint density at radius 3 is 2.52 bits per heavy atom. The molecule has 2 rings (SSSR count). The van der Waals surface area contributed by atoms with Crippen LogP contribution in [-0.2, 0) is 9.53 Å². The molecule has 0 aliphatic carbocycles. The average molecular weight is 410 g/mol. The smallest absolute Gasteiger partial charge is 0.338 e. The summed E-state index contributed by atoms with van der Waals surface area (Å²) in [7, 11) is 0. The number of esters is 1. The third kappa shape index (κ3) is 4.96. The molecule has 1 amide bonds. The van der Waals surface area contributed by atoms with Crippen molar-refractivity contribution in [1.82, 2.24) is 4.98 Å². The van der Waals surface area contributed by atoms with Crippen molar-refractivity contribution >= 4 is 67.5 Å². The van der Waals surface area contributed by atoms with Crippen LogP contribution in [0.4, 0.5) is 5.13 Å².